The van der Waals surface area contributed by atoms with E-state index in [1.807, 2.05) is 0 Å². The SMILES string of the molecule is c1ccc(-c2ccc(-n3c4ccccc4c4cc(-c5ccc6c(c5)c5ccccc5n6-c5ccc6cc(-c7cc8c9c(cccc9c7)-c7ccccc7-8)ccc6c5)ccc43)cc2)cc1. The topological polar surface area (TPSA) is 9.86 Å². The Morgan fingerprint density at radius 1 is 0.219 bits per heavy atom. The maximum Gasteiger partial charge on any atom is 0.0541 e. The predicted octanol–water partition coefficient (Wildman–Crippen LogP) is 16.8. The second-order valence-corrected chi connectivity index (χ2v) is 17.3. The Kier molecular flexibility index (Phi) is 7.43. The van der Waals surface area contributed by atoms with Crippen LogP contribution < -0.4 is 0 Å². The van der Waals surface area contributed by atoms with Crippen LogP contribution in [0.3, 0.4) is 0 Å². The van der Waals surface area contributed by atoms with Gasteiger partial charge >= 0.3 is 0 Å². The summed E-state index contributed by atoms with van der Waals surface area (Å²) in [7, 11) is 0. The molecule has 0 N–H and O–H groups in total. The number of rotatable bonds is 5. The largest absolute Gasteiger partial charge is 0.309 e. The Hall–Kier alpha value is -8.46. The minimum atomic E-state index is 1.16. The van der Waals surface area contributed by atoms with Gasteiger partial charge in [-0.05, 0) is 156 Å². The van der Waals surface area contributed by atoms with Crippen LogP contribution in [0.5, 0.6) is 0 Å². The Balaban J connectivity index is 0.844. The summed E-state index contributed by atoms with van der Waals surface area (Å²) < 4.78 is 4.83. The van der Waals surface area contributed by atoms with Crippen molar-refractivity contribution in [3.8, 4) is 67.0 Å². The molecule has 0 saturated heterocycles. The second-order valence-electron chi connectivity index (χ2n) is 17.3. The molecule has 0 unspecified atom stereocenters. The predicted molar refractivity (Wildman–Crippen MR) is 271 cm³/mol. The fourth-order valence-electron chi connectivity index (χ4n) is 10.8. The lowest BCUT2D eigenvalue weighted by atomic mass is 9.95. The number of hydrogen-bond acceptors (Lipinski definition) is 0. The van der Waals surface area contributed by atoms with E-state index >= 15 is 0 Å². The molecular weight excluding hydrogens is 773 g/mol. The van der Waals surface area contributed by atoms with Gasteiger partial charge in [-0.3, -0.25) is 0 Å². The summed E-state index contributed by atoms with van der Waals surface area (Å²) in [5, 5.41) is 10.1. The van der Waals surface area contributed by atoms with Crippen molar-refractivity contribution >= 4 is 65.2 Å². The molecule has 0 atom stereocenters. The molecule has 296 valence electrons. The third-order valence-electron chi connectivity index (χ3n) is 13.8. The lowest BCUT2D eigenvalue weighted by Gasteiger charge is -2.12. The van der Waals surface area contributed by atoms with Gasteiger partial charge in [-0.1, -0.05) is 152 Å². The zero-order chi connectivity index (χ0) is 41.9. The van der Waals surface area contributed by atoms with Crippen molar-refractivity contribution in [2.24, 2.45) is 0 Å². The Labute approximate surface area is 370 Å². The van der Waals surface area contributed by atoms with Crippen LogP contribution in [0.4, 0.5) is 0 Å². The lowest BCUT2D eigenvalue weighted by Crippen LogP contribution is -1.94. The summed E-state index contributed by atoms with van der Waals surface area (Å²) in [5.41, 5.74) is 19.8. The molecule has 13 aromatic rings. The minimum Gasteiger partial charge on any atom is -0.309 e. The summed E-state index contributed by atoms with van der Waals surface area (Å²) in [6, 6.07) is 85.3. The molecule has 2 heterocycles. The van der Waals surface area contributed by atoms with Crippen LogP contribution in [0.15, 0.2) is 231 Å². The molecule has 0 amide bonds. The van der Waals surface area contributed by atoms with E-state index in [1.165, 1.54) is 121 Å². The highest BCUT2D eigenvalue weighted by Gasteiger charge is 2.22. The molecule has 0 bridgehead atoms. The molecule has 0 fully saturated rings. The third kappa shape index (κ3) is 5.20. The molecule has 2 nitrogen and oxygen atoms in total. The quantitative estimate of drug-likeness (QED) is 0.164. The number of benzene rings is 11. The molecule has 2 heteroatoms. The van der Waals surface area contributed by atoms with Gasteiger partial charge in [0, 0.05) is 32.9 Å². The van der Waals surface area contributed by atoms with Crippen LogP contribution in [-0.4, -0.2) is 9.13 Å². The summed E-state index contributed by atoms with van der Waals surface area (Å²) in [5.74, 6) is 0. The zero-order valence-corrected chi connectivity index (χ0v) is 34.8. The third-order valence-corrected chi connectivity index (χ3v) is 13.8. The Bertz CT molecular complexity index is 4050. The first-order valence-corrected chi connectivity index (χ1v) is 22.2. The average molecular weight is 811 g/mol. The molecule has 14 rings (SSSR count). The molecule has 0 saturated carbocycles. The highest BCUT2D eigenvalue weighted by molar-refractivity contribution is 6.17. The Morgan fingerprint density at radius 2 is 0.703 bits per heavy atom. The molecule has 0 aliphatic heterocycles. The van der Waals surface area contributed by atoms with Gasteiger partial charge in [0.2, 0.25) is 0 Å². The van der Waals surface area contributed by atoms with E-state index in [2.05, 4.69) is 240 Å². The van der Waals surface area contributed by atoms with E-state index < -0.39 is 0 Å². The van der Waals surface area contributed by atoms with E-state index in [9.17, 15) is 0 Å². The molecule has 1 aliphatic rings. The zero-order valence-electron chi connectivity index (χ0n) is 34.8. The van der Waals surface area contributed by atoms with Crippen LogP contribution in [0.1, 0.15) is 0 Å². The molecule has 0 spiro atoms. The van der Waals surface area contributed by atoms with Gasteiger partial charge in [0.1, 0.15) is 0 Å². The number of fused-ring (bicyclic) bond motifs is 10. The summed E-state index contributed by atoms with van der Waals surface area (Å²) >= 11 is 0. The molecule has 2 aromatic heterocycles. The fraction of sp³-hybridized carbons (Fsp3) is 0. The minimum absolute atomic E-state index is 1.16. The van der Waals surface area contributed by atoms with Crippen molar-refractivity contribution < 1.29 is 0 Å². The maximum atomic E-state index is 2.43. The van der Waals surface area contributed by atoms with Crippen LogP contribution >= 0.6 is 0 Å². The summed E-state index contributed by atoms with van der Waals surface area (Å²) in [6.07, 6.45) is 0. The van der Waals surface area contributed by atoms with Crippen molar-refractivity contribution in [3.05, 3.63) is 231 Å². The number of nitrogens with zero attached hydrogens (tertiary/aromatic N) is 2. The van der Waals surface area contributed by atoms with Gasteiger partial charge in [0.05, 0.1) is 22.1 Å². The van der Waals surface area contributed by atoms with E-state index in [0.29, 0.717) is 0 Å². The number of aromatic nitrogens is 2. The molecule has 0 radical (unpaired) electrons. The van der Waals surface area contributed by atoms with Gasteiger partial charge in [-0.15, -0.1) is 0 Å². The van der Waals surface area contributed by atoms with E-state index in [4.69, 9.17) is 0 Å². The first kappa shape index (κ1) is 35.2. The summed E-state index contributed by atoms with van der Waals surface area (Å²) in [4.78, 5) is 0. The van der Waals surface area contributed by atoms with Gasteiger partial charge < -0.3 is 9.13 Å². The van der Waals surface area contributed by atoms with Crippen LogP contribution in [0, 0.1) is 0 Å². The van der Waals surface area contributed by atoms with Crippen molar-refractivity contribution in [1.82, 2.24) is 9.13 Å². The molecule has 64 heavy (non-hydrogen) atoms. The van der Waals surface area contributed by atoms with Gasteiger partial charge in [-0.25, -0.2) is 0 Å². The van der Waals surface area contributed by atoms with E-state index in [-0.39, 0.29) is 0 Å². The highest BCUT2D eigenvalue weighted by Crippen LogP contribution is 2.49. The van der Waals surface area contributed by atoms with Crippen LogP contribution in [-0.2, 0) is 0 Å². The van der Waals surface area contributed by atoms with Crippen LogP contribution in [0.2, 0.25) is 0 Å². The van der Waals surface area contributed by atoms with E-state index in [0.717, 1.165) is 11.4 Å². The smallest absolute Gasteiger partial charge is 0.0541 e. The second kappa shape index (κ2) is 13.5. The van der Waals surface area contributed by atoms with Crippen molar-refractivity contribution in [2.45, 2.75) is 0 Å². The van der Waals surface area contributed by atoms with E-state index in [1.54, 1.807) is 0 Å². The number of hydrogen-bond donors (Lipinski definition) is 0. The highest BCUT2D eigenvalue weighted by atomic mass is 15.0. The van der Waals surface area contributed by atoms with Crippen molar-refractivity contribution in [2.75, 3.05) is 0 Å². The standard InChI is InChI=1S/C62H38N2/c1-2-11-39(12-3-1)40-23-28-48(29-24-40)63-58-19-8-6-16-52(58)55-36-44(26-31-60(55)63)45-27-32-61-56(37-45)53-17-7-9-20-59(53)64(61)49-30-25-41-33-42(21-22-43(41)35-49)47-34-46-13-10-18-54-50-14-4-5-15-51(50)57(38-47)62(46)54/h1-38H. The van der Waals surface area contributed by atoms with Gasteiger partial charge in [0.25, 0.3) is 0 Å². The van der Waals surface area contributed by atoms with Gasteiger partial charge in [-0.2, -0.15) is 0 Å². The first-order chi connectivity index (χ1) is 31.7. The van der Waals surface area contributed by atoms with Crippen molar-refractivity contribution in [1.29, 1.82) is 0 Å². The van der Waals surface area contributed by atoms with Crippen molar-refractivity contribution in [3.63, 3.8) is 0 Å². The monoisotopic (exact) mass is 810 g/mol. The molecular formula is C62H38N2. The normalized spacial score (nSPS) is 12.1. The molecule has 11 aromatic carbocycles. The average Bonchev–Trinajstić information content (AvgIpc) is 4.00. The lowest BCUT2D eigenvalue weighted by molar-refractivity contribution is 1.18. The van der Waals surface area contributed by atoms with Crippen LogP contribution in [0.25, 0.3) is 132 Å². The Morgan fingerprint density at radius 3 is 1.42 bits per heavy atom. The molecule has 1 aliphatic carbocycles. The maximum absolute atomic E-state index is 2.43. The fourth-order valence-corrected chi connectivity index (χ4v) is 10.8. The summed E-state index contributed by atoms with van der Waals surface area (Å²) in [6.45, 7) is 0. The number of para-hydroxylation sites is 2. The first-order valence-electron chi connectivity index (χ1n) is 22.2. The van der Waals surface area contributed by atoms with Gasteiger partial charge in [0.15, 0.2) is 0 Å².